The molecule has 0 aliphatic carbocycles. The minimum absolute atomic E-state index is 0.0940. The van der Waals surface area contributed by atoms with Gasteiger partial charge in [-0.15, -0.1) is 0 Å². The van der Waals surface area contributed by atoms with Crippen molar-refractivity contribution < 1.29 is 27.7 Å². The summed E-state index contributed by atoms with van der Waals surface area (Å²) in [5.74, 6) is 2.44. The van der Waals surface area contributed by atoms with Crippen molar-refractivity contribution in [2.75, 3.05) is 40.5 Å². The number of nitrogens with zero attached hydrogens (tertiary/aromatic N) is 2. The summed E-state index contributed by atoms with van der Waals surface area (Å²) in [5, 5.41) is 11.4. The normalized spacial score (nSPS) is 11.6. The minimum Gasteiger partial charge on any atom is -0.508 e. The van der Waals surface area contributed by atoms with E-state index in [1.54, 1.807) is 56.9 Å². The van der Waals surface area contributed by atoms with Gasteiger partial charge in [-0.1, -0.05) is 84.4 Å². The molecule has 7 aromatic rings. The van der Waals surface area contributed by atoms with Crippen LogP contribution in [-0.2, 0) is 16.4 Å². The summed E-state index contributed by atoms with van der Waals surface area (Å²) >= 11 is 0. The highest BCUT2D eigenvalue weighted by atomic mass is 32.2. The highest BCUT2D eigenvalue weighted by Crippen LogP contribution is 2.34. The standard InChI is InChI=1S/C49H49N3O6S/c1-35-13-22-47(41(29-35)30-36-9-5-4-6-10-36)58-28-8-26-52(49(37-14-18-44(56-2)19-15-37)38-16-20-45(57-3)21-17-38)27-25-51-59(54,55)48-33-40(39-11-7-12-43(53)32-39)31-42-34-50-24-23-46(42)48/h4-7,9-24,29,31-34,49,51,53H,8,25-28,30H2,1-3H3. The van der Waals surface area contributed by atoms with Gasteiger partial charge in [0.15, 0.2) is 0 Å². The molecule has 2 N–H and O–H groups in total. The number of methoxy groups -OCH3 is 2. The molecule has 0 aliphatic heterocycles. The quantitative estimate of drug-likeness (QED) is 0.0827. The van der Waals surface area contributed by atoms with Gasteiger partial charge < -0.3 is 19.3 Å². The maximum absolute atomic E-state index is 14.3. The molecule has 0 spiro atoms. The van der Waals surface area contributed by atoms with Gasteiger partial charge in [0.05, 0.1) is 31.8 Å². The first-order valence-corrected chi connectivity index (χ1v) is 21.1. The van der Waals surface area contributed by atoms with Gasteiger partial charge in [0.25, 0.3) is 0 Å². The molecule has 0 saturated heterocycles. The third kappa shape index (κ3) is 10.3. The van der Waals surface area contributed by atoms with Gasteiger partial charge in [0.2, 0.25) is 10.0 Å². The molecule has 6 aromatic carbocycles. The molecule has 0 unspecified atom stereocenters. The number of fused-ring (bicyclic) bond motifs is 1. The monoisotopic (exact) mass is 807 g/mol. The molecule has 1 heterocycles. The number of benzene rings is 6. The molecule has 0 aliphatic rings. The Hall–Kier alpha value is -6.20. The van der Waals surface area contributed by atoms with E-state index in [1.165, 1.54) is 11.1 Å². The second kappa shape index (κ2) is 19.0. The van der Waals surface area contributed by atoms with Crippen LogP contribution in [0.3, 0.4) is 0 Å². The lowest BCUT2D eigenvalue weighted by Gasteiger charge is -2.33. The Kier molecular flexibility index (Phi) is 13.2. The van der Waals surface area contributed by atoms with Gasteiger partial charge >= 0.3 is 0 Å². The maximum Gasteiger partial charge on any atom is 0.241 e. The van der Waals surface area contributed by atoms with Gasteiger partial charge in [0.1, 0.15) is 23.0 Å². The number of aromatic hydroxyl groups is 1. The van der Waals surface area contributed by atoms with Crippen LogP contribution in [0.2, 0.25) is 0 Å². The number of ether oxygens (including phenoxy) is 3. The molecule has 0 saturated carbocycles. The summed E-state index contributed by atoms with van der Waals surface area (Å²) in [6, 6.07) is 44.5. The Bertz CT molecular complexity index is 2540. The fourth-order valence-corrected chi connectivity index (χ4v) is 8.73. The van der Waals surface area contributed by atoms with E-state index < -0.39 is 10.0 Å². The summed E-state index contributed by atoms with van der Waals surface area (Å²) < 4.78 is 49.0. The zero-order valence-electron chi connectivity index (χ0n) is 33.5. The third-order valence-corrected chi connectivity index (χ3v) is 11.9. The van der Waals surface area contributed by atoms with Crippen LogP contribution in [0.25, 0.3) is 21.9 Å². The first-order valence-electron chi connectivity index (χ1n) is 19.7. The molecule has 302 valence electrons. The van der Waals surface area contributed by atoms with E-state index in [9.17, 15) is 13.5 Å². The van der Waals surface area contributed by atoms with Crippen molar-refractivity contribution in [3.63, 3.8) is 0 Å². The molecular weight excluding hydrogens is 759 g/mol. The number of pyridine rings is 1. The van der Waals surface area contributed by atoms with Crippen molar-refractivity contribution in [2.24, 2.45) is 0 Å². The van der Waals surface area contributed by atoms with Crippen LogP contribution in [0.15, 0.2) is 157 Å². The SMILES string of the molecule is COc1ccc(C(c2ccc(OC)cc2)N(CCCOc2ccc(C)cc2Cc2ccccc2)CCNS(=O)(=O)c2cc(-c3cccc(O)c3)cc3cnccc23)cc1. The molecule has 10 heteroatoms. The number of rotatable bonds is 18. The third-order valence-electron chi connectivity index (χ3n) is 10.4. The Labute approximate surface area is 346 Å². The van der Waals surface area contributed by atoms with E-state index >= 15 is 0 Å². The fourth-order valence-electron chi connectivity index (χ4n) is 7.46. The molecule has 0 radical (unpaired) electrons. The molecular formula is C49H49N3O6S. The lowest BCUT2D eigenvalue weighted by atomic mass is 9.96. The van der Waals surface area contributed by atoms with Crippen molar-refractivity contribution >= 4 is 20.8 Å². The Morgan fingerprint density at radius 1 is 0.746 bits per heavy atom. The zero-order chi connectivity index (χ0) is 41.2. The van der Waals surface area contributed by atoms with E-state index in [2.05, 4.69) is 82.2 Å². The van der Waals surface area contributed by atoms with Gasteiger partial charge in [-0.25, -0.2) is 13.1 Å². The first kappa shape index (κ1) is 41.0. The van der Waals surface area contributed by atoms with Crippen molar-refractivity contribution in [1.29, 1.82) is 0 Å². The smallest absolute Gasteiger partial charge is 0.241 e. The number of hydrogen-bond donors (Lipinski definition) is 2. The molecule has 59 heavy (non-hydrogen) atoms. The summed E-state index contributed by atoms with van der Waals surface area (Å²) in [6.07, 6.45) is 4.69. The van der Waals surface area contributed by atoms with E-state index in [0.717, 1.165) is 40.4 Å². The molecule has 9 nitrogen and oxygen atoms in total. The van der Waals surface area contributed by atoms with Crippen LogP contribution >= 0.6 is 0 Å². The summed E-state index contributed by atoms with van der Waals surface area (Å²) in [6.45, 7) is 3.68. The topological polar surface area (TPSA) is 110 Å². The number of hydrogen-bond acceptors (Lipinski definition) is 8. The largest absolute Gasteiger partial charge is 0.508 e. The molecule has 1 aromatic heterocycles. The van der Waals surface area contributed by atoms with Crippen molar-refractivity contribution in [3.8, 4) is 34.1 Å². The van der Waals surface area contributed by atoms with Crippen LogP contribution in [-0.4, -0.2) is 63.9 Å². The number of sulfonamides is 1. The van der Waals surface area contributed by atoms with Gasteiger partial charge in [0, 0.05) is 49.2 Å². The second-order valence-corrected chi connectivity index (χ2v) is 16.2. The van der Waals surface area contributed by atoms with Crippen LogP contribution in [0, 0.1) is 6.92 Å². The number of phenolic OH excluding ortho intramolecular Hbond substituents is 1. The van der Waals surface area contributed by atoms with Crippen LogP contribution < -0.4 is 18.9 Å². The first-order chi connectivity index (χ1) is 28.7. The highest BCUT2D eigenvalue weighted by molar-refractivity contribution is 7.89. The Balaban J connectivity index is 1.16. The van der Waals surface area contributed by atoms with Crippen LogP contribution in [0.1, 0.15) is 40.3 Å². The van der Waals surface area contributed by atoms with Crippen LogP contribution in [0.5, 0.6) is 23.0 Å². The number of phenols is 1. The number of aryl methyl sites for hydroxylation is 1. The number of aromatic nitrogens is 1. The summed E-state index contributed by atoms with van der Waals surface area (Å²) in [5.41, 5.74) is 6.93. The van der Waals surface area contributed by atoms with Gasteiger partial charge in [-0.2, -0.15) is 0 Å². The molecule has 7 rings (SSSR count). The fraction of sp³-hybridized carbons (Fsp3) is 0.204. The number of nitrogens with one attached hydrogen (secondary N) is 1. The predicted octanol–water partition coefficient (Wildman–Crippen LogP) is 9.36. The summed E-state index contributed by atoms with van der Waals surface area (Å²) in [7, 11) is -0.725. The molecule has 0 bridgehead atoms. The van der Waals surface area contributed by atoms with E-state index in [0.29, 0.717) is 48.0 Å². The molecule has 0 atom stereocenters. The van der Waals surface area contributed by atoms with E-state index in [1.807, 2.05) is 48.5 Å². The van der Waals surface area contributed by atoms with E-state index in [4.69, 9.17) is 14.2 Å². The average Bonchev–Trinajstić information content (AvgIpc) is 3.26. The van der Waals surface area contributed by atoms with Gasteiger partial charge in [-0.3, -0.25) is 9.88 Å². The predicted molar refractivity (Wildman–Crippen MR) is 234 cm³/mol. The highest BCUT2D eigenvalue weighted by Gasteiger charge is 2.25. The van der Waals surface area contributed by atoms with Gasteiger partial charge in [-0.05, 0) is 107 Å². The van der Waals surface area contributed by atoms with Crippen molar-refractivity contribution in [3.05, 3.63) is 180 Å². The lowest BCUT2D eigenvalue weighted by molar-refractivity contribution is 0.203. The van der Waals surface area contributed by atoms with E-state index in [-0.39, 0.29) is 23.2 Å². The lowest BCUT2D eigenvalue weighted by Crippen LogP contribution is -2.38. The second-order valence-electron chi connectivity index (χ2n) is 14.5. The average molecular weight is 808 g/mol. The van der Waals surface area contributed by atoms with Crippen molar-refractivity contribution in [1.82, 2.24) is 14.6 Å². The maximum atomic E-state index is 14.3. The Morgan fingerprint density at radius 2 is 1.46 bits per heavy atom. The molecule has 0 amide bonds. The Morgan fingerprint density at radius 3 is 2.14 bits per heavy atom. The minimum atomic E-state index is -4.02. The van der Waals surface area contributed by atoms with Crippen molar-refractivity contribution in [2.45, 2.75) is 30.7 Å². The summed E-state index contributed by atoms with van der Waals surface area (Å²) in [4.78, 5) is 6.69. The zero-order valence-corrected chi connectivity index (χ0v) is 34.4. The van der Waals surface area contributed by atoms with Crippen LogP contribution in [0.4, 0.5) is 0 Å². The molecule has 0 fully saturated rings.